The summed E-state index contributed by atoms with van der Waals surface area (Å²) >= 11 is 1.34. The van der Waals surface area contributed by atoms with Gasteiger partial charge in [-0.25, -0.2) is 0 Å². The number of ether oxygens (including phenoxy) is 1. The molecule has 0 unspecified atom stereocenters. The molecule has 1 aliphatic carbocycles. The number of aromatic nitrogens is 3. The Bertz CT molecular complexity index is 835. The third-order valence-electron chi connectivity index (χ3n) is 4.76. The van der Waals surface area contributed by atoms with Gasteiger partial charge in [0.1, 0.15) is 11.3 Å². The highest BCUT2D eigenvalue weighted by Crippen LogP contribution is 2.29. The highest BCUT2D eigenvalue weighted by molar-refractivity contribution is 7.99. The van der Waals surface area contributed by atoms with E-state index in [4.69, 9.17) is 4.74 Å². The monoisotopic (exact) mass is 385 g/mol. The molecule has 0 atom stereocenters. The van der Waals surface area contributed by atoms with Gasteiger partial charge >= 0.3 is 0 Å². The van der Waals surface area contributed by atoms with Gasteiger partial charge in [-0.2, -0.15) is 5.26 Å². The van der Waals surface area contributed by atoms with Crippen molar-refractivity contribution in [2.75, 3.05) is 12.9 Å². The Kier molecular flexibility index (Phi) is 6.01. The molecule has 1 saturated carbocycles. The average molecular weight is 385 g/mol. The molecule has 142 valence electrons. The van der Waals surface area contributed by atoms with Crippen molar-refractivity contribution in [1.29, 1.82) is 5.26 Å². The van der Waals surface area contributed by atoms with Crippen LogP contribution in [0, 0.1) is 11.3 Å². The summed E-state index contributed by atoms with van der Waals surface area (Å²) in [6.07, 6.45) is 3.42. The van der Waals surface area contributed by atoms with Gasteiger partial charge in [0.2, 0.25) is 5.91 Å². The maximum atomic E-state index is 12.3. The molecule has 1 aliphatic rings. The molecule has 0 spiro atoms. The summed E-state index contributed by atoms with van der Waals surface area (Å²) in [7, 11) is 1.63. The van der Waals surface area contributed by atoms with Crippen LogP contribution in [0.25, 0.3) is 11.4 Å². The first-order valence-corrected chi connectivity index (χ1v) is 10.0. The molecule has 27 heavy (non-hydrogen) atoms. The van der Waals surface area contributed by atoms with Crippen molar-refractivity contribution in [3.05, 3.63) is 24.3 Å². The number of benzene rings is 1. The molecule has 1 heterocycles. The third kappa shape index (κ3) is 4.25. The van der Waals surface area contributed by atoms with Crippen LogP contribution in [0.5, 0.6) is 5.75 Å². The second kappa shape index (κ2) is 8.44. The predicted molar refractivity (Wildman–Crippen MR) is 103 cm³/mol. The molecule has 0 bridgehead atoms. The average Bonchev–Trinajstić information content (AvgIpc) is 3.33. The number of nitrogens with one attached hydrogen (secondary N) is 1. The number of amides is 1. The minimum atomic E-state index is -0.690. The summed E-state index contributed by atoms with van der Waals surface area (Å²) in [5, 5.41) is 21.5. The second-order valence-electron chi connectivity index (χ2n) is 6.52. The van der Waals surface area contributed by atoms with Crippen LogP contribution in [0.1, 0.15) is 32.6 Å². The number of carbonyl (C=O) groups excluding carboxylic acids is 1. The number of thioether (sulfide) groups is 1. The van der Waals surface area contributed by atoms with Crippen molar-refractivity contribution < 1.29 is 9.53 Å². The van der Waals surface area contributed by atoms with Crippen LogP contribution in [0.15, 0.2) is 29.4 Å². The van der Waals surface area contributed by atoms with Gasteiger partial charge in [-0.3, -0.25) is 4.79 Å². The molecular formula is C19H23N5O2S. The van der Waals surface area contributed by atoms with E-state index in [9.17, 15) is 10.1 Å². The lowest BCUT2D eigenvalue weighted by Crippen LogP contribution is -2.45. The Morgan fingerprint density at radius 2 is 2.04 bits per heavy atom. The van der Waals surface area contributed by atoms with E-state index < -0.39 is 5.54 Å². The first kappa shape index (κ1) is 19.2. The number of rotatable bonds is 7. The molecule has 1 fully saturated rings. The number of hydrogen-bond donors (Lipinski definition) is 1. The van der Waals surface area contributed by atoms with Crippen LogP contribution in [0.3, 0.4) is 0 Å². The summed E-state index contributed by atoms with van der Waals surface area (Å²) in [5.41, 5.74) is 0.250. The number of nitrogens with zero attached hydrogens (tertiary/aromatic N) is 4. The highest BCUT2D eigenvalue weighted by atomic mass is 32.2. The topological polar surface area (TPSA) is 92.8 Å². The summed E-state index contributed by atoms with van der Waals surface area (Å²) in [4.78, 5) is 12.3. The molecule has 7 nitrogen and oxygen atoms in total. The smallest absolute Gasteiger partial charge is 0.231 e. The minimum Gasteiger partial charge on any atom is -0.497 e. The van der Waals surface area contributed by atoms with Gasteiger partial charge in [-0.15, -0.1) is 10.2 Å². The fourth-order valence-corrected chi connectivity index (χ4v) is 4.11. The lowest BCUT2D eigenvalue weighted by atomic mass is 10.0. The second-order valence-corrected chi connectivity index (χ2v) is 7.46. The van der Waals surface area contributed by atoms with Crippen molar-refractivity contribution in [3.8, 4) is 23.2 Å². The Labute approximate surface area is 163 Å². The predicted octanol–water partition coefficient (Wildman–Crippen LogP) is 3.02. The molecule has 0 radical (unpaired) electrons. The molecule has 1 amide bonds. The van der Waals surface area contributed by atoms with Gasteiger partial charge in [0.05, 0.1) is 18.9 Å². The zero-order valence-electron chi connectivity index (χ0n) is 15.6. The molecule has 0 saturated heterocycles. The maximum absolute atomic E-state index is 12.3. The van der Waals surface area contributed by atoms with Gasteiger partial charge in [0, 0.05) is 12.1 Å². The van der Waals surface area contributed by atoms with E-state index in [0.29, 0.717) is 11.7 Å². The fourth-order valence-electron chi connectivity index (χ4n) is 3.31. The minimum absolute atomic E-state index is 0.139. The SMILES string of the molecule is CCn1c(SCC(=O)NC2(C#N)CCCC2)nnc1-c1ccc(OC)cc1. The van der Waals surface area contributed by atoms with Crippen LogP contribution in [-0.4, -0.2) is 39.1 Å². The van der Waals surface area contributed by atoms with E-state index in [-0.39, 0.29) is 11.7 Å². The largest absolute Gasteiger partial charge is 0.497 e. The van der Waals surface area contributed by atoms with Crippen molar-refractivity contribution in [2.45, 2.75) is 49.8 Å². The van der Waals surface area contributed by atoms with Crippen molar-refractivity contribution in [3.63, 3.8) is 0 Å². The third-order valence-corrected chi connectivity index (χ3v) is 5.73. The lowest BCUT2D eigenvalue weighted by molar-refractivity contribution is -0.119. The Morgan fingerprint density at radius 3 is 2.63 bits per heavy atom. The van der Waals surface area contributed by atoms with Crippen LogP contribution >= 0.6 is 11.8 Å². The van der Waals surface area contributed by atoms with Crippen molar-refractivity contribution in [1.82, 2.24) is 20.1 Å². The first-order valence-electron chi connectivity index (χ1n) is 9.03. The summed E-state index contributed by atoms with van der Waals surface area (Å²) < 4.78 is 7.17. The highest BCUT2D eigenvalue weighted by Gasteiger charge is 2.35. The fraction of sp³-hybridized carbons (Fsp3) is 0.474. The first-order chi connectivity index (χ1) is 13.1. The summed E-state index contributed by atoms with van der Waals surface area (Å²) in [6.45, 7) is 2.71. The number of nitriles is 1. The number of carbonyl (C=O) groups is 1. The van der Waals surface area contributed by atoms with Crippen molar-refractivity contribution >= 4 is 17.7 Å². The molecule has 8 heteroatoms. The Hall–Kier alpha value is -2.53. The van der Waals surface area contributed by atoms with E-state index in [1.54, 1.807) is 7.11 Å². The van der Waals surface area contributed by atoms with E-state index in [0.717, 1.165) is 42.8 Å². The van der Waals surface area contributed by atoms with Crippen LogP contribution in [0.2, 0.25) is 0 Å². The van der Waals surface area contributed by atoms with E-state index in [1.807, 2.05) is 35.8 Å². The molecular weight excluding hydrogens is 362 g/mol. The molecule has 1 N–H and O–H groups in total. The Balaban J connectivity index is 1.67. The zero-order chi connectivity index (χ0) is 19.3. The van der Waals surface area contributed by atoms with Crippen LogP contribution in [-0.2, 0) is 11.3 Å². The summed E-state index contributed by atoms with van der Waals surface area (Å²) in [5.74, 6) is 1.61. The van der Waals surface area contributed by atoms with E-state index >= 15 is 0 Å². The van der Waals surface area contributed by atoms with E-state index in [2.05, 4.69) is 21.6 Å². The zero-order valence-corrected chi connectivity index (χ0v) is 16.4. The molecule has 2 aromatic rings. The Morgan fingerprint density at radius 1 is 1.33 bits per heavy atom. The van der Waals surface area contributed by atoms with E-state index in [1.165, 1.54) is 11.8 Å². The van der Waals surface area contributed by atoms with Gasteiger partial charge < -0.3 is 14.6 Å². The van der Waals surface area contributed by atoms with Gasteiger partial charge in [-0.05, 0) is 56.9 Å². The molecule has 1 aromatic heterocycles. The summed E-state index contributed by atoms with van der Waals surface area (Å²) in [6, 6.07) is 9.92. The standard InChI is InChI=1S/C19H23N5O2S/c1-3-24-17(14-6-8-15(26-2)9-7-14)22-23-18(24)27-12-16(25)21-19(13-20)10-4-5-11-19/h6-9H,3-5,10-12H2,1-2H3,(H,21,25). The lowest BCUT2D eigenvalue weighted by Gasteiger charge is -2.21. The van der Waals surface area contributed by atoms with Gasteiger partial charge in [0.25, 0.3) is 0 Å². The number of methoxy groups -OCH3 is 1. The molecule has 1 aromatic carbocycles. The quantitative estimate of drug-likeness (QED) is 0.737. The number of hydrogen-bond acceptors (Lipinski definition) is 6. The maximum Gasteiger partial charge on any atom is 0.231 e. The molecule has 0 aliphatic heterocycles. The molecule has 3 rings (SSSR count). The van der Waals surface area contributed by atoms with Crippen LogP contribution in [0.4, 0.5) is 0 Å². The van der Waals surface area contributed by atoms with Crippen LogP contribution < -0.4 is 10.1 Å². The van der Waals surface area contributed by atoms with Gasteiger partial charge in [-0.1, -0.05) is 11.8 Å². The van der Waals surface area contributed by atoms with Gasteiger partial charge in [0.15, 0.2) is 11.0 Å². The normalized spacial score (nSPS) is 15.3. The van der Waals surface area contributed by atoms with Crippen molar-refractivity contribution in [2.24, 2.45) is 0 Å².